The fourth-order valence-corrected chi connectivity index (χ4v) is 3.26. The molecule has 0 saturated carbocycles. The fraction of sp³-hybridized carbons (Fsp3) is 0.667. The summed E-state index contributed by atoms with van der Waals surface area (Å²) in [6.07, 6.45) is 0. The van der Waals surface area contributed by atoms with Gasteiger partial charge in [0.1, 0.15) is 0 Å². The maximum Gasteiger partial charge on any atom is 0.191 e. The molecule has 2 N–H and O–H groups in total. The Morgan fingerprint density at radius 2 is 1.63 bits per heavy atom. The van der Waals surface area contributed by atoms with E-state index in [9.17, 15) is 0 Å². The zero-order valence-electron chi connectivity index (χ0n) is 17.5. The summed E-state index contributed by atoms with van der Waals surface area (Å²) in [5, 5.41) is 6.87. The van der Waals surface area contributed by atoms with E-state index in [2.05, 4.69) is 78.5 Å². The van der Waals surface area contributed by atoms with Crippen LogP contribution in [0.5, 0.6) is 0 Å². The minimum absolute atomic E-state index is 0. The van der Waals surface area contributed by atoms with Gasteiger partial charge >= 0.3 is 0 Å². The topological polar surface area (TPSA) is 42.9 Å². The molecule has 2 rings (SSSR count). The lowest BCUT2D eigenvalue weighted by Gasteiger charge is -2.34. The van der Waals surface area contributed by atoms with Crippen molar-refractivity contribution in [3.8, 4) is 0 Å². The quantitative estimate of drug-likeness (QED) is 0.336. The molecule has 154 valence electrons. The van der Waals surface area contributed by atoms with Gasteiger partial charge in [0, 0.05) is 51.2 Å². The normalized spacial score (nSPS) is 16.7. The van der Waals surface area contributed by atoms with Gasteiger partial charge in [0.15, 0.2) is 5.96 Å². The Bertz CT molecular complexity index is 539. The van der Waals surface area contributed by atoms with Gasteiger partial charge in [-0.1, -0.05) is 51.1 Å². The second-order valence-electron chi connectivity index (χ2n) is 7.65. The van der Waals surface area contributed by atoms with Crippen LogP contribution in [0, 0.1) is 0 Å². The molecular weight excluding hydrogens is 449 g/mol. The van der Waals surface area contributed by atoms with Crippen LogP contribution in [0.15, 0.2) is 35.3 Å². The first-order valence-corrected chi connectivity index (χ1v) is 10.1. The smallest absolute Gasteiger partial charge is 0.191 e. The highest BCUT2D eigenvalue weighted by atomic mass is 127. The van der Waals surface area contributed by atoms with Crippen molar-refractivity contribution in [1.82, 2.24) is 20.4 Å². The molecule has 0 bridgehead atoms. The Hall–Kier alpha value is -0.860. The second-order valence-corrected chi connectivity index (χ2v) is 7.65. The van der Waals surface area contributed by atoms with E-state index in [-0.39, 0.29) is 29.4 Å². The molecule has 0 radical (unpaired) electrons. The first-order valence-electron chi connectivity index (χ1n) is 10.1. The zero-order chi connectivity index (χ0) is 18.8. The zero-order valence-corrected chi connectivity index (χ0v) is 19.8. The summed E-state index contributed by atoms with van der Waals surface area (Å²) in [6, 6.07) is 10.6. The van der Waals surface area contributed by atoms with Crippen molar-refractivity contribution in [3.63, 3.8) is 0 Å². The highest BCUT2D eigenvalue weighted by molar-refractivity contribution is 14.0. The molecule has 5 nitrogen and oxygen atoms in total. The highest BCUT2D eigenvalue weighted by Gasteiger charge is 2.20. The number of halogens is 1. The predicted octanol–water partition coefficient (Wildman–Crippen LogP) is 2.77. The van der Waals surface area contributed by atoms with E-state index in [1.165, 1.54) is 38.3 Å². The lowest BCUT2D eigenvalue weighted by Crippen LogP contribution is -2.49. The maximum atomic E-state index is 4.84. The fourth-order valence-electron chi connectivity index (χ4n) is 3.26. The van der Waals surface area contributed by atoms with Crippen molar-refractivity contribution in [1.29, 1.82) is 0 Å². The van der Waals surface area contributed by atoms with Crippen molar-refractivity contribution < 1.29 is 0 Å². The third kappa shape index (κ3) is 8.35. The van der Waals surface area contributed by atoms with Gasteiger partial charge in [-0.05, 0) is 19.0 Å². The summed E-state index contributed by atoms with van der Waals surface area (Å²) >= 11 is 0. The van der Waals surface area contributed by atoms with Crippen molar-refractivity contribution in [3.05, 3.63) is 35.9 Å². The number of rotatable bonds is 8. The average molecular weight is 487 g/mol. The third-order valence-electron chi connectivity index (χ3n) is 5.16. The molecule has 6 heteroatoms. The number of guanidine groups is 1. The van der Waals surface area contributed by atoms with Crippen molar-refractivity contribution in [2.75, 3.05) is 58.9 Å². The highest BCUT2D eigenvalue weighted by Crippen LogP contribution is 2.22. The molecular formula is C21H38IN5. The average Bonchev–Trinajstić information content (AvgIpc) is 2.67. The number of aliphatic imine (C=N–C) groups is 1. The van der Waals surface area contributed by atoms with E-state index in [1.807, 2.05) is 0 Å². The van der Waals surface area contributed by atoms with Crippen LogP contribution in [0.25, 0.3) is 0 Å². The number of hydrogen-bond acceptors (Lipinski definition) is 3. The number of piperazine rings is 1. The van der Waals surface area contributed by atoms with E-state index in [1.54, 1.807) is 0 Å². The number of nitrogens with one attached hydrogen (secondary N) is 2. The second kappa shape index (κ2) is 12.6. The van der Waals surface area contributed by atoms with E-state index in [0.29, 0.717) is 0 Å². The Labute approximate surface area is 183 Å². The first-order chi connectivity index (χ1) is 12.5. The van der Waals surface area contributed by atoms with Crippen molar-refractivity contribution in [2.45, 2.75) is 33.1 Å². The largest absolute Gasteiger partial charge is 0.357 e. The lowest BCUT2D eigenvalue weighted by molar-refractivity contribution is 0.139. The molecule has 0 aliphatic carbocycles. The molecule has 1 aliphatic rings. The molecule has 1 aromatic rings. The van der Waals surface area contributed by atoms with E-state index in [4.69, 9.17) is 4.99 Å². The van der Waals surface area contributed by atoms with E-state index < -0.39 is 0 Å². The van der Waals surface area contributed by atoms with Crippen LogP contribution in [-0.2, 0) is 5.41 Å². The molecule has 0 amide bonds. The molecule has 1 aliphatic heterocycles. The summed E-state index contributed by atoms with van der Waals surface area (Å²) < 4.78 is 0. The molecule has 1 saturated heterocycles. The van der Waals surface area contributed by atoms with Crippen LogP contribution in [-0.4, -0.2) is 74.7 Å². The van der Waals surface area contributed by atoms with Crippen molar-refractivity contribution in [2.24, 2.45) is 4.99 Å². The summed E-state index contributed by atoms with van der Waals surface area (Å²) in [7, 11) is 0. The van der Waals surface area contributed by atoms with Gasteiger partial charge < -0.3 is 15.5 Å². The summed E-state index contributed by atoms with van der Waals surface area (Å²) in [5.41, 5.74) is 1.36. The maximum absolute atomic E-state index is 4.84. The van der Waals surface area contributed by atoms with Gasteiger partial charge in [-0.25, -0.2) is 0 Å². The van der Waals surface area contributed by atoms with Crippen molar-refractivity contribution >= 4 is 29.9 Å². The van der Waals surface area contributed by atoms with Crippen LogP contribution in [0.3, 0.4) is 0 Å². The van der Waals surface area contributed by atoms with Gasteiger partial charge in [-0.15, -0.1) is 24.0 Å². The van der Waals surface area contributed by atoms with Gasteiger partial charge in [0.2, 0.25) is 0 Å². The summed E-state index contributed by atoms with van der Waals surface area (Å²) in [5.74, 6) is 0.920. The molecule has 0 unspecified atom stereocenters. The molecule has 0 atom stereocenters. The van der Waals surface area contributed by atoms with Crippen LogP contribution in [0.4, 0.5) is 0 Å². The van der Waals surface area contributed by atoms with Crippen LogP contribution in [0.2, 0.25) is 0 Å². The summed E-state index contributed by atoms with van der Waals surface area (Å²) in [6.45, 7) is 18.4. The van der Waals surface area contributed by atoms with Crippen LogP contribution < -0.4 is 10.6 Å². The Balaban J connectivity index is 0.00000364. The summed E-state index contributed by atoms with van der Waals surface area (Å²) in [4.78, 5) is 9.89. The number of benzene rings is 1. The minimum atomic E-state index is 0. The van der Waals surface area contributed by atoms with E-state index >= 15 is 0 Å². The Morgan fingerprint density at radius 3 is 2.22 bits per heavy atom. The third-order valence-corrected chi connectivity index (χ3v) is 5.16. The molecule has 1 aromatic carbocycles. The lowest BCUT2D eigenvalue weighted by atomic mass is 9.85. The van der Waals surface area contributed by atoms with Crippen LogP contribution in [0.1, 0.15) is 33.3 Å². The number of nitrogens with zero attached hydrogens (tertiary/aromatic N) is 3. The Kier molecular flexibility index (Phi) is 11.3. The molecule has 1 fully saturated rings. The molecule has 27 heavy (non-hydrogen) atoms. The Morgan fingerprint density at radius 1 is 1.00 bits per heavy atom. The molecule has 1 heterocycles. The monoisotopic (exact) mass is 487 g/mol. The van der Waals surface area contributed by atoms with Gasteiger partial charge in [0.25, 0.3) is 0 Å². The molecule has 0 aromatic heterocycles. The SMILES string of the molecule is CCNC(=NCC(C)(C)c1ccccc1)NCCN1CCN(CC)CC1.I. The van der Waals surface area contributed by atoms with Gasteiger partial charge in [-0.2, -0.15) is 0 Å². The first kappa shape index (κ1) is 24.2. The molecule has 0 spiro atoms. The number of likely N-dealkylation sites (N-methyl/N-ethyl adjacent to an activating group) is 1. The predicted molar refractivity (Wildman–Crippen MR) is 127 cm³/mol. The standard InChI is InChI=1S/C21H37N5.HI/c1-5-22-20(23-12-13-26-16-14-25(6-2)15-17-26)24-18-21(3,4)19-10-8-7-9-11-19;/h7-11H,5-6,12-18H2,1-4H3,(H2,22,23,24);1H. The number of hydrogen-bond donors (Lipinski definition) is 2. The van der Waals surface area contributed by atoms with Crippen LogP contribution >= 0.6 is 24.0 Å². The van der Waals surface area contributed by atoms with E-state index in [0.717, 1.165) is 32.1 Å². The van der Waals surface area contributed by atoms with Gasteiger partial charge in [0.05, 0.1) is 6.54 Å². The minimum Gasteiger partial charge on any atom is -0.357 e. The van der Waals surface area contributed by atoms with Gasteiger partial charge in [-0.3, -0.25) is 9.89 Å².